The number of ether oxygens (including phenoxy) is 1. The highest BCUT2D eigenvalue weighted by molar-refractivity contribution is 5.80. The Labute approximate surface area is 149 Å². The first-order valence-corrected chi connectivity index (χ1v) is 9.07. The largest absolute Gasteiger partial charge is 0.451 e. The molecule has 1 saturated carbocycles. The Balaban J connectivity index is 0.000000306. The smallest absolute Gasteiger partial charge is 0.440 e. The van der Waals surface area contributed by atoms with Crippen LogP contribution in [0.1, 0.15) is 51.9 Å². The van der Waals surface area contributed by atoms with E-state index in [0.29, 0.717) is 6.54 Å². The van der Waals surface area contributed by atoms with E-state index in [1.807, 2.05) is 5.48 Å². The van der Waals surface area contributed by atoms with E-state index in [0.717, 1.165) is 38.5 Å². The summed E-state index contributed by atoms with van der Waals surface area (Å²) in [4.78, 5) is 29.4. The second kappa shape index (κ2) is 9.91. The van der Waals surface area contributed by atoms with Crippen LogP contribution in [-0.2, 0) is 9.57 Å². The third-order valence-corrected chi connectivity index (χ3v) is 4.52. The second-order valence-electron chi connectivity index (χ2n) is 6.38. The van der Waals surface area contributed by atoms with E-state index >= 15 is 0 Å². The van der Waals surface area contributed by atoms with E-state index in [2.05, 4.69) is 35.9 Å². The van der Waals surface area contributed by atoms with Gasteiger partial charge in [0.2, 0.25) is 0 Å². The van der Waals surface area contributed by atoms with Gasteiger partial charge in [0.15, 0.2) is 0 Å². The number of unbranched alkanes of at least 4 members (excludes halogenated alkanes) is 1. The molecule has 6 heteroatoms. The van der Waals surface area contributed by atoms with Gasteiger partial charge in [-0.25, -0.2) is 9.59 Å². The highest BCUT2D eigenvalue weighted by atomic mass is 16.7. The predicted molar refractivity (Wildman–Crippen MR) is 95.9 cm³/mol. The van der Waals surface area contributed by atoms with Crippen LogP contribution in [0.5, 0.6) is 0 Å². The molecule has 138 valence electrons. The van der Waals surface area contributed by atoms with Gasteiger partial charge in [-0.1, -0.05) is 50.8 Å². The topological polar surface area (TPSA) is 67.9 Å². The van der Waals surface area contributed by atoms with Gasteiger partial charge in [-0.05, 0) is 36.5 Å². The predicted octanol–water partition coefficient (Wildman–Crippen LogP) is 4.50. The van der Waals surface area contributed by atoms with Crippen molar-refractivity contribution in [2.75, 3.05) is 13.7 Å². The highest BCUT2D eigenvalue weighted by Crippen LogP contribution is 2.32. The average molecular weight is 348 g/mol. The van der Waals surface area contributed by atoms with E-state index in [9.17, 15) is 9.59 Å². The minimum absolute atomic E-state index is 0.229. The summed E-state index contributed by atoms with van der Waals surface area (Å²) in [6, 6.07) is 8.71. The van der Waals surface area contributed by atoms with Crippen LogP contribution in [0.15, 0.2) is 24.3 Å². The van der Waals surface area contributed by atoms with Crippen molar-refractivity contribution in [2.24, 2.45) is 0 Å². The molecule has 3 aliphatic carbocycles. The van der Waals surface area contributed by atoms with Gasteiger partial charge in [0.25, 0.3) is 0 Å². The van der Waals surface area contributed by atoms with Crippen LogP contribution in [-0.4, -0.2) is 36.8 Å². The molecule has 3 rings (SSSR count). The van der Waals surface area contributed by atoms with Crippen molar-refractivity contribution in [3.05, 3.63) is 24.3 Å². The Morgan fingerprint density at radius 1 is 1.20 bits per heavy atom. The quantitative estimate of drug-likeness (QED) is 0.826. The van der Waals surface area contributed by atoms with Gasteiger partial charge in [0.05, 0.1) is 7.11 Å². The number of carbonyl (C=O) groups excluding carboxylic acids is 2. The maximum atomic E-state index is 12.0. The lowest BCUT2D eigenvalue weighted by atomic mass is 9.94. The lowest BCUT2D eigenvalue weighted by molar-refractivity contribution is 0.0339. The zero-order chi connectivity index (χ0) is 18.1. The molecule has 0 radical (unpaired) electrons. The zero-order valence-electron chi connectivity index (χ0n) is 15.1. The molecule has 2 amide bonds. The van der Waals surface area contributed by atoms with Gasteiger partial charge < -0.3 is 14.5 Å². The van der Waals surface area contributed by atoms with Crippen LogP contribution >= 0.6 is 0 Å². The lowest BCUT2D eigenvalue weighted by Crippen LogP contribution is -2.44. The number of carbonyl (C=O) groups is 2. The van der Waals surface area contributed by atoms with Crippen LogP contribution in [0.2, 0.25) is 0 Å². The lowest BCUT2D eigenvalue weighted by Gasteiger charge is -2.33. The van der Waals surface area contributed by atoms with Crippen molar-refractivity contribution in [1.29, 1.82) is 0 Å². The maximum Gasteiger partial charge on any atom is 0.440 e. The Bertz CT molecular complexity index is 553. The summed E-state index contributed by atoms with van der Waals surface area (Å²) in [5, 5.41) is 0. The van der Waals surface area contributed by atoms with Crippen LogP contribution < -0.4 is 5.48 Å². The molecular weight excluding hydrogens is 320 g/mol. The molecule has 0 bridgehead atoms. The minimum Gasteiger partial charge on any atom is -0.451 e. The van der Waals surface area contributed by atoms with Crippen LogP contribution in [0.3, 0.4) is 0 Å². The van der Waals surface area contributed by atoms with E-state index in [1.54, 1.807) is 4.90 Å². The van der Waals surface area contributed by atoms with E-state index < -0.39 is 12.2 Å². The molecule has 0 unspecified atom stereocenters. The van der Waals surface area contributed by atoms with E-state index in [1.165, 1.54) is 24.7 Å². The summed E-state index contributed by atoms with van der Waals surface area (Å²) in [7, 11) is 1.22. The minimum atomic E-state index is -0.771. The number of fused-ring (bicyclic) bond motifs is 1. The van der Waals surface area contributed by atoms with Gasteiger partial charge in [0.1, 0.15) is 0 Å². The standard InChI is InChI=1S/C13H24N2O4.C6H4/c1-3-4-10-15(11-8-6-5-7-9-11)13(17)19-14-12(16)18-2;1-2-5-4-6(5)3-1/h11H,3-10H2,1-2H3,(H,14,16);1-4H. The number of nitrogens with zero attached hydrogens (tertiary/aromatic N) is 1. The molecule has 0 aliphatic heterocycles. The fourth-order valence-corrected chi connectivity index (χ4v) is 3.01. The molecular formula is C19H28N2O4. The third kappa shape index (κ3) is 6.29. The number of benzene rings is 1. The molecule has 6 nitrogen and oxygen atoms in total. The Hall–Kier alpha value is -2.24. The third-order valence-electron chi connectivity index (χ3n) is 4.52. The summed E-state index contributed by atoms with van der Waals surface area (Å²) < 4.78 is 4.36. The monoisotopic (exact) mass is 348 g/mol. The van der Waals surface area contributed by atoms with Crippen LogP contribution in [0, 0.1) is 0 Å². The summed E-state index contributed by atoms with van der Waals surface area (Å²) in [5.41, 5.74) is 4.83. The van der Waals surface area contributed by atoms with Crippen LogP contribution in [0.25, 0.3) is 11.1 Å². The van der Waals surface area contributed by atoms with Gasteiger partial charge >= 0.3 is 12.2 Å². The number of hydrogen-bond donors (Lipinski definition) is 1. The summed E-state index contributed by atoms with van der Waals surface area (Å²) in [6.07, 6.45) is 6.22. The number of nitrogens with one attached hydrogen (secondary N) is 1. The number of amides is 2. The molecule has 0 aromatic rings. The fourth-order valence-electron chi connectivity index (χ4n) is 3.01. The molecule has 0 atom stereocenters. The van der Waals surface area contributed by atoms with E-state index in [4.69, 9.17) is 4.84 Å². The van der Waals surface area contributed by atoms with Gasteiger partial charge in [-0.2, -0.15) is 0 Å². The van der Waals surface area contributed by atoms with Crippen molar-refractivity contribution in [2.45, 2.75) is 57.9 Å². The molecule has 3 aliphatic rings. The molecule has 1 fully saturated rings. The SMILES string of the molecule is CCCCN(C(=O)ONC(=O)OC)C1CCCCC1.c1cc2cc-2c1. The van der Waals surface area contributed by atoms with Crippen molar-refractivity contribution in [3.63, 3.8) is 0 Å². The van der Waals surface area contributed by atoms with Crippen molar-refractivity contribution < 1.29 is 19.2 Å². The Morgan fingerprint density at radius 3 is 2.36 bits per heavy atom. The summed E-state index contributed by atoms with van der Waals surface area (Å²) in [5.74, 6) is 0. The Kier molecular flexibility index (Phi) is 7.57. The van der Waals surface area contributed by atoms with Crippen LogP contribution in [0.4, 0.5) is 9.59 Å². The summed E-state index contributed by atoms with van der Waals surface area (Å²) in [6.45, 7) is 2.75. The van der Waals surface area contributed by atoms with Crippen molar-refractivity contribution >= 4 is 12.2 Å². The first kappa shape index (κ1) is 19.1. The molecule has 25 heavy (non-hydrogen) atoms. The first-order valence-electron chi connectivity index (χ1n) is 9.07. The van der Waals surface area contributed by atoms with Gasteiger partial charge in [-0.3, -0.25) is 0 Å². The molecule has 0 saturated heterocycles. The zero-order valence-corrected chi connectivity index (χ0v) is 15.1. The Morgan fingerprint density at radius 2 is 1.88 bits per heavy atom. The average Bonchev–Trinajstić information content (AvgIpc) is 3.26. The summed E-state index contributed by atoms with van der Waals surface area (Å²) >= 11 is 0. The number of rotatable bonds is 4. The van der Waals surface area contributed by atoms with E-state index in [-0.39, 0.29) is 6.04 Å². The van der Waals surface area contributed by atoms with Crippen molar-refractivity contribution in [3.8, 4) is 11.1 Å². The molecule has 1 N–H and O–H groups in total. The molecule has 0 aromatic carbocycles. The second-order valence-corrected chi connectivity index (χ2v) is 6.38. The van der Waals surface area contributed by atoms with Gasteiger partial charge in [-0.15, -0.1) is 5.48 Å². The number of hydroxylamine groups is 1. The number of methoxy groups -OCH3 is 1. The first-order chi connectivity index (χ1) is 12.2. The van der Waals surface area contributed by atoms with Gasteiger partial charge in [0, 0.05) is 12.6 Å². The maximum absolute atomic E-state index is 12.0. The fraction of sp³-hybridized carbons (Fsp3) is 0.579. The molecule has 0 aromatic heterocycles. The highest BCUT2D eigenvalue weighted by Gasteiger charge is 2.26. The normalized spacial score (nSPS) is 14.6. The van der Waals surface area contributed by atoms with Crippen molar-refractivity contribution in [1.82, 2.24) is 10.4 Å². The molecule has 0 heterocycles. The number of hydrogen-bond acceptors (Lipinski definition) is 4. The molecule has 0 spiro atoms.